The molecule has 1 aromatic carbocycles. The van der Waals surface area contributed by atoms with Crippen molar-refractivity contribution < 1.29 is 9.59 Å². The van der Waals surface area contributed by atoms with Crippen molar-refractivity contribution in [3.63, 3.8) is 0 Å². The standard InChI is InChI=1S/C17H25N3O2S/c1-16(2,3)12-9-7-11(8-10-12)13(21)19-20-15(23)18-14(22)17(4,5)6/h7-10H,1-6H3,(H,19,21)(H2,18,20,22,23). The summed E-state index contributed by atoms with van der Waals surface area (Å²) >= 11 is 4.98. The quantitative estimate of drug-likeness (QED) is 0.545. The lowest BCUT2D eigenvalue weighted by molar-refractivity contribution is -0.126. The Morgan fingerprint density at radius 2 is 1.43 bits per heavy atom. The van der Waals surface area contributed by atoms with Crippen molar-refractivity contribution in [2.75, 3.05) is 0 Å². The minimum Gasteiger partial charge on any atom is -0.301 e. The zero-order valence-corrected chi connectivity index (χ0v) is 15.4. The van der Waals surface area contributed by atoms with Crippen LogP contribution in [0, 0.1) is 5.41 Å². The summed E-state index contributed by atoms with van der Waals surface area (Å²) in [4.78, 5) is 23.8. The second-order valence-electron chi connectivity index (χ2n) is 7.44. The molecule has 6 heteroatoms. The average molecular weight is 335 g/mol. The highest BCUT2D eigenvalue weighted by Gasteiger charge is 2.22. The molecule has 0 aromatic heterocycles. The van der Waals surface area contributed by atoms with Gasteiger partial charge in [0.25, 0.3) is 5.91 Å². The number of hydrogen-bond donors (Lipinski definition) is 3. The Kier molecular flexibility index (Phi) is 5.88. The average Bonchev–Trinajstić information content (AvgIpc) is 2.43. The largest absolute Gasteiger partial charge is 0.301 e. The van der Waals surface area contributed by atoms with Gasteiger partial charge < -0.3 is 5.32 Å². The lowest BCUT2D eigenvalue weighted by atomic mass is 9.87. The number of benzene rings is 1. The Morgan fingerprint density at radius 1 is 0.913 bits per heavy atom. The number of rotatable bonds is 1. The third kappa shape index (κ3) is 5.98. The first-order chi connectivity index (χ1) is 10.4. The maximum absolute atomic E-state index is 12.0. The van der Waals surface area contributed by atoms with E-state index in [2.05, 4.69) is 36.9 Å². The van der Waals surface area contributed by atoms with Gasteiger partial charge in [0.05, 0.1) is 0 Å². The van der Waals surface area contributed by atoms with E-state index < -0.39 is 5.41 Å². The van der Waals surface area contributed by atoms with E-state index in [0.717, 1.165) is 5.56 Å². The Morgan fingerprint density at radius 3 is 1.87 bits per heavy atom. The molecule has 0 aliphatic rings. The van der Waals surface area contributed by atoms with Crippen LogP contribution in [0.3, 0.4) is 0 Å². The van der Waals surface area contributed by atoms with Crippen molar-refractivity contribution in [2.24, 2.45) is 5.41 Å². The molecular weight excluding hydrogens is 310 g/mol. The molecule has 0 atom stereocenters. The van der Waals surface area contributed by atoms with Crippen LogP contribution in [0.1, 0.15) is 57.5 Å². The molecule has 126 valence electrons. The van der Waals surface area contributed by atoms with E-state index >= 15 is 0 Å². The number of thiocarbonyl (C=S) groups is 1. The van der Waals surface area contributed by atoms with Gasteiger partial charge in [-0.1, -0.05) is 53.7 Å². The number of carbonyl (C=O) groups is 2. The molecule has 0 unspecified atom stereocenters. The summed E-state index contributed by atoms with van der Waals surface area (Å²) in [7, 11) is 0. The van der Waals surface area contributed by atoms with Gasteiger partial charge in [0.1, 0.15) is 0 Å². The van der Waals surface area contributed by atoms with Crippen molar-refractivity contribution in [3.05, 3.63) is 35.4 Å². The molecule has 0 saturated heterocycles. The molecule has 0 fully saturated rings. The molecule has 1 aromatic rings. The minimum absolute atomic E-state index is 0.0338. The Bertz CT molecular complexity index is 596. The SMILES string of the molecule is CC(C)(C)C(=O)NC(=S)NNC(=O)c1ccc(C(C)(C)C)cc1. The summed E-state index contributed by atoms with van der Waals surface area (Å²) in [5.74, 6) is -0.545. The van der Waals surface area contributed by atoms with Gasteiger partial charge in [0, 0.05) is 11.0 Å². The zero-order valence-electron chi connectivity index (χ0n) is 14.5. The van der Waals surface area contributed by atoms with Crippen molar-refractivity contribution in [1.82, 2.24) is 16.2 Å². The van der Waals surface area contributed by atoms with E-state index in [-0.39, 0.29) is 22.3 Å². The predicted molar refractivity (Wildman–Crippen MR) is 95.9 cm³/mol. The molecule has 0 radical (unpaired) electrons. The van der Waals surface area contributed by atoms with Crippen LogP contribution in [0.15, 0.2) is 24.3 Å². The van der Waals surface area contributed by atoms with Crippen molar-refractivity contribution in [2.45, 2.75) is 47.0 Å². The van der Waals surface area contributed by atoms with E-state index in [4.69, 9.17) is 12.2 Å². The topological polar surface area (TPSA) is 70.2 Å². The van der Waals surface area contributed by atoms with Gasteiger partial charge in [0.15, 0.2) is 5.11 Å². The fourth-order valence-corrected chi connectivity index (χ4v) is 1.77. The Labute approximate surface area is 143 Å². The van der Waals surface area contributed by atoms with Gasteiger partial charge in [-0.05, 0) is 35.3 Å². The summed E-state index contributed by atoms with van der Waals surface area (Å²) in [5.41, 5.74) is 6.13. The van der Waals surface area contributed by atoms with Crippen LogP contribution in [-0.2, 0) is 10.2 Å². The first kappa shape index (κ1) is 19.1. The summed E-state index contributed by atoms with van der Waals surface area (Å²) in [6, 6.07) is 7.37. The molecular formula is C17H25N3O2S. The van der Waals surface area contributed by atoms with Gasteiger partial charge in [-0.3, -0.25) is 20.4 Å². The first-order valence-electron chi connectivity index (χ1n) is 7.43. The van der Waals surface area contributed by atoms with Crippen molar-refractivity contribution in [3.8, 4) is 0 Å². The van der Waals surface area contributed by atoms with Crippen molar-refractivity contribution >= 4 is 29.1 Å². The van der Waals surface area contributed by atoms with Crippen LogP contribution in [0.5, 0.6) is 0 Å². The molecule has 0 spiro atoms. The number of hydrogen-bond acceptors (Lipinski definition) is 3. The van der Waals surface area contributed by atoms with Gasteiger partial charge in [-0.15, -0.1) is 0 Å². The normalized spacial score (nSPS) is 11.6. The van der Waals surface area contributed by atoms with E-state index in [1.807, 2.05) is 12.1 Å². The molecule has 3 N–H and O–H groups in total. The number of carbonyl (C=O) groups excluding carboxylic acids is 2. The number of hydrazine groups is 1. The third-order valence-electron chi connectivity index (χ3n) is 3.21. The molecule has 0 aliphatic carbocycles. The fourth-order valence-electron chi connectivity index (χ4n) is 1.63. The van der Waals surface area contributed by atoms with Gasteiger partial charge >= 0.3 is 0 Å². The van der Waals surface area contributed by atoms with Gasteiger partial charge in [-0.2, -0.15) is 0 Å². The molecule has 0 aliphatic heterocycles. The van der Waals surface area contributed by atoms with Gasteiger partial charge in [-0.25, -0.2) is 0 Å². The van der Waals surface area contributed by atoms with E-state index in [1.54, 1.807) is 32.9 Å². The lowest BCUT2D eigenvalue weighted by Crippen LogP contribution is -2.50. The van der Waals surface area contributed by atoms with Crippen LogP contribution in [-0.4, -0.2) is 16.9 Å². The maximum Gasteiger partial charge on any atom is 0.269 e. The Balaban J connectivity index is 2.57. The molecule has 5 nitrogen and oxygen atoms in total. The molecule has 0 heterocycles. The summed E-state index contributed by atoms with van der Waals surface area (Å²) in [5, 5.41) is 2.58. The van der Waals surface area contributed by atoms with E-state index in [0.29, 0.717) is 5.56 Å². The highest BCUT2D eigenvalue weighted by atomic mass is 32.1. The zero-order chi connectivity index (χ0) is 17.8. The monoisotopic (exact) mass is 335 g/mol. The fraction of sp³-hybridized carbons (Fsp3) is 0.471. The highest BCUT2D eigenvalue weighted by molar-refractivity contribution is 7.80. The van der Waals surface area contributed by atoms with Crippen LogP contribution < -0.4 is 16.2 Å². The highest BCUT2D eigenvalue weighted by Crippen LogP contribution is 2.22. The van der Waals surface area contributed by atoms with Crippen LogP contribution in [0.4, 0.5) is 0 Å². The molecule has 0 bridgehead atoms. The number of amides is 2. The summed E-state index contributed by atoms with van der Waals surface area (Å²) < 4.78 is 0. The second-order valence-corrected chi connectivity index (χ2v) is 7.85. The smallest absolute Gasteiger partial charge is 0.269 e. The summed E-state index contributed by atoms with van der Waals surface area (Å²) in [6.07, 6.45) is 0. The second kappa shape index (κ2) is 7.08. The minimum atomic E-state index is -0.557. The van der Waals surface area contributed by atoms with E-state index in [1.165, 1.54) is 0 Å². The predicted octanol–water partition coefficient (Wildman–Crippen LogP) is 2.67. The summed E-state index contributed by atoms with van der Waals surface area (Å²) in [6.45, 7) is 11.7. The van der Waals surface area contributed by atoms with Crippen LogP contribution in [0.2, 0.25) is 0 Å². The molecule has 23 heavy (non-hydrogen) atoms. The third-order valence-corrected chi connectivity index (χ3v) is 3.42. The molecule has 1 rings (SSSR count). The Hall–Kier alpha value is -1.95. The number of nitrogens with one attached hydrogen (secondary N) is 3. The molecule has 2 amide bonds. The van der Waals surface area contributed by atoms with Crippen LogP contribution in [0.25, 0.3) is 0 Å². The van der Waals surface area contributed by atoms with Crippen molar-refractivity contribution in [1.29, 1.82) is 0 Å². The maximum atomic E-state index is 12.0. The van der Waals surface area contributed by atoms with E-state index in [9.17, 15) is 9.59 Å². The molecule has 0 saturated carbocycles. The van der Waals surface area contributed by atoms with Gasteiger partial charge in [0.2, 0.25) is 5.91 Å². The first-order valence-corrected chi connectivity index (χ1v) is 7.84. The lowest BCUT2D eigenvalue weighted by Gasteiger charge is -2.19. The van der Waals surface area contributed by atoms with Crippen LogP contribution >= 0.6 is 12.2 Å².